The molecule has 2 atom stereocenters. The molecule has 0 bridgehead atoms. The molecule has 1 rings (SSSR count). The Morgan fingerprint density at radius 1 is 1.18 bits per heavy atom. The maximum absolute atomic E-state index is 13.0. The van der Waals surface area contributed by atoms with Crippen LogP contribution >= 0.6 is 0 Å². The summed E-state index contributed by atoms with van der Waals surface area (Å²) in [6, 6.07) is -0.773. The highest BCUT2D eigenvalue weighted by molar-refractivity contribution is 5.89. The summed E-state index contributed by atoms with van der Waals surface area (Å²) in [7, 11) is 2.69. The van der Waals surface area contributed by atoms with Gasteiger partial charge in [0, 0.05) is 20.3 Å². The predicted molar refractivity (Wildman–Crippen MR) is 125 cm³/mol. The molecule has 0 aliphatic rings. The number of nitrogens with one attached hydrogen (secondary N) is 1. The predicted octanol–water partition coefficient (Wildman–Crippen LogP) is 3.17. The van der Waals surface area contributed by atoms with Crippen molar-refractivity contribution < 1.29 is 33.6 Å². The number of unbranched alkanes of at least 4 members (excludes halogenated alkanes) is 1. The number of H-pyrrole nitrogens is 1. The number of aromatic hydroxyl groups is 1. The smallest absolute Gasteiger partial charge is 0.410 e. The third-order valence-corrected chi connectivity index (χ3v) is 4.99. The van der Waals surface area contributed by atoms with Crippen molar-refractivity contribution in [3.8, 4) is 5.75 Å². The minimum Gasteiger partial charge on any atom is -0.501 e. The third kappa shape index (κ3) is 8.94. The lowest BCUT2D eigenvalue weighted by Crippen LogP contribution is -2.41. The first-order chi connectivity index (χ1) is 16.0. The van der Waals surface area contributed by atoms with E-state index in [0.29, 0.717) is 26.1 Å². The van der Waals surface area contributed by atoms with E-state index < -0.39 is 40.7 Å². The summed E-state index contributed by atoms with van der Waals surface area (Å²) in [5.74, 6) is -1.80. The Hall–Kier alpha value is -2.66. The second kappa shape index (κ2) is 13.9. The zero-order chi connectivity index (χ0) is 25.9. The summed E-state index contributed by atoms with van der Waals surface area (Å²) in [5, 5.41) is 10.0. The Bertz CT molecular complexity index is 850. The van der Waals surface area contributed by atoms with Crippen LogP contribution in [-0.2, 0) is 18.9 Å². The number of rotatable bonds is 13. The molecule has 34 heavy (non-hydrogen) atoms. The van der Waals surface area contributed by atoms with E-state index in [1.54, 1.807) is 34.8 Å². The van der Waals surface area contributed by atoms with Crippen molar-refractivity contribution in [1.82, 2.24) is 14.9 Å². The van der Waals surface area contributed by atoms with Gasteiger partial charge in [0.05, 0.1) is 25.9 Å². The fraction of sp³-hybridized carbons (Fsp3) is 0.739. The third-order valence-electron chi connectivity index (χ3n) is 4.99. The van der Waals surface area contributed by atoms with E-state index in [9.17, 15) is 19.5 Å². The largest absolute Gasteiger partial charge is 0.501 e. The van der Waals surface area contributed by atoms with Crippen molar-refractivity contribution in [2.75, 3.05) is 34.0 Å². The van der Waals surface area contributed by atoms with Crippen LogP contribution in [0.3, 0.4) is 0 Å². The second-order valence-electron chi connectivity index (χ2n) is 8.79. The molecule has 1 amide bonds. The number of aromatic amines is 1. The fourth-order valence-corrected chi connectivity index (χ4v) is 3.19. The van der Waals surface area contributed by atoms with Crippen molar-refractivity contribution in [2.24, 2.45) is 0 Å². The highest BCUT2D eigenvalue weighted by atomic mass is 16.6. The van der Waals surface area contributed by atoms with Crippen molar-refractivity contribution in [2.45, 2.75) is 78.0 Å². The van der Waals surface area contributed by atoms with Gasteiger partial charge in [0.25, 0.3) is 5.56 Å². The summed E-state index contributed by atoms with van der Waals surface area (Å²) < 4.78 is 21.4. The number of methoxy groups -OCH3 is 2. The molecular weight excluding hydrogens is 446 g/mol. The normalized spacial score (nSPS) is 13.3. The summed E-state index contributed by atoms with van der Waals surface area (Å²) >= 11 is 0. The van der Waals surface area contributed by atoms with Gasteiger partial charge in [-0.1, -0.05) is 13.3 Å². The average Bonchev–Trinajstić information content (AvgIpc) is 2.77. The van der Waals surface area contributed by atoms with Crippen LogP contribution < -0.4 is 5.56 Å². The van der Waals surface area contributed by atoms with E-state index in [2.05, 4.69) is 21.6 Å². The molecule has 194 valence electrons. The highest BCUT2D eigenvalue weighted by Crippen LogP contribution is 2.27. The number of carbonyl (C=O) groups is 2. The van der Waals surface area contributed by atoms with Gasteiger partial charge in [-0.05, 0) is 47.0 Å². The highest BCUT2D eigenvalue weighted by Gasteiger charge is 2.32. The maximum atomic E-state index is 13.0. The van der Waals surface area contributed by atoms with Crippen LogP contribution in [0.1, 0.15) is 82.7 Å². The van der Waals surface area contributed by atoms with Crippen LogP contribution in [0, 0.1) is 0 Å². The number of hydrogen-bond donors (Lipinski definition) is 2. The quantitative estimate of drug-likeness (QED) is 0.318. The average molecular weight is 486 g/mol. The molecule has 1 aromatic rings. The molecule has 0 radical (unpaired) electrons. The lowest BCUT2D eigenvalue weighted by atomic mass is 10.1. The van der Waals surface area contributed by atoms with Gasteiger partial charge in [-0.25, -0.2) is 14.6 Å². The monoisotopic (exact) mass is 485 g/mol. The zero-order valence-electron chi connectivity index (χ0n) is 21.3. The Kier molecular flexibility index (Phi) is 12.0. The van der Waals surface area contributed by atoms with Crippen LogP contribution in [0.2, 0.25) is 0 Å². The van der Waals surface area contributed by atoms with E-state index >= 15 is 0 Å². The molecule has 0 aliphatic heterocycles. The van der Waals surface area contributed by atoms with Gasteiger partial charge in [0.2, 0.25) is 5.75 Å². The first-order valence-corrected chi connectivity index (χ1v) is 11.5. The van der Waals surface area contributed by atoms with Crippen molar-refractivity contribution in [1.29, 1.82) is 0 Å². The van der Waals surface area contributed by atoms with Crippen LogP contribution in [0.5, 0.6) is 5.75 Å². The minimum absolute atomic E-state index is 0.0256. The Morgan fingerprint density at radius 2 is 1.85 bits per heavy atom. The molecule has 2 unspecified atom stereocenters. The summed E-state index contributed by atoms with van der Waals surface area (Å²) in [6.45, 7) is 10.3. The van der Waals surface area contributed by atoms with Gasteiger partial charge in [-0.3, -0.25) is 9.69 Å². The van der Waals surface area contributed by atoms with Gasteiger partial charge >= 0.3 is 12.1 Å². The van der Waals surface area contributed by atoms with Crippen molar-refractivity contribution >= 4 is 12.1 Å². The molecule has 11 nitrogen and oxygen atoms in total. The molecule has 0 aliphatic carbocycles. The molecule has 0 saturated carbocycles. The van der Waals surface area contributed by atoms with E-state index in [4.69, 9.17) is 14.2 Å². The van der Waals surface area contributed by atoms with Gasteiger partial charge in [0.1, 0.15) is 11.4 Å². The Labute approximate surface area is 200 Å². The first kappa shape index (κ1) is 29.4. The SMILES string of the molecule is CCCCOCC(CCC(c1nc(C(=O)OC)c(O)c(=O)[nH]1)N(CC)C(=O)OC(C)(C)C)OC. The van der Waals surface area contributed by atoms with Crippen LogP contribution in [0.15, 0.2) is 4.79 Å². The number of amides is 1. The number of ether oxygens (including phenoxy) is 4. The number of esters is 1. The maximum Gasteiger partial charge on any atom is 0.410 e. The lowest BCUT2D eigenvalue weighted by molar-refractivity contribution is -0.00644. The van der Waals surface area contributed by atoms with Crippen molar-refractivity contribution in [3.63, 3.8) is 0 Å². The zero-order valence-corrected chi connectivity index (χ0v) is 21.3. The van der Waals surface area contributed by atoms with E-state index in [-0.39, 0.29) is 18.5 Å². The molecule has 0 saturated heterocycles. The summed E-state index contributed by atoms with van der Waals surface area (Å²) in [4.78, 5) is 45.4. The van der Waals surface area contributed by atoms with Crippen LogP contribution in [0.25, 0.3) is 0 Å². The molecule has 1 heterocycles. The molecule has 2 N–H and O–H groups in total. The van der Waals surface area contributed by atoms with Gasteiger partial charge in [0.15, 0.2) is 5.69 Å². The van der Waals surface area contributed by atoms with E-state index in [1.165, 1.54) is 4.90 Å². The first-order valence-electron chi connectivity index (χ1n) is 11.5. The Balaban J connectivity index is 3.32. The fourth-order valence-electron chi connectivity index (χ4n) is 3.19. The number of hydrogen-bond acceptors (Lipinski definition) is 9. The van der Waals surface area contributed by atoms with E-state index in [0.717, 1.165) is 20.0 Å². The van der Waals surface area contributed by atoms with Crippen LogP contribution in [-0.4, -0.2) is 77.7 Å². The molecule has 0 aromatic carbocycles. The summed E-state index contributed by atoms with van der Waals surface area (Å²) in [6.07, 6.45) is 1.87. The van der Waals surface area contributed by atoms with Gasteiger partial charge in [-0.2, -0.15) is 0 Å². The molecule has 0 fully saturated rings. The lowest BCUT2D eigenvalue weighted by Gasteiger charge is -2.33. The topological polar surface area (TPSA) is 140 Å². The number of aromatic nitrogens is 2. The van der Waals surface area contributed by atoms with Crippen molar-refractivity contribution in [3.05, 3.63) is 21.9 Å². The summed E-state index contributed by atoms with van der Waals surface area (Å²) in [5.41, 5.74) is -2.19. The minimum atomic E-state index is -0.969. The number of nitrogens with zero attached hydrogens (tertiary/aromatic N) is 2. The molecular formula is C23H39N3O8. The number of carbonyl (C=O) groups excluding carboxylic acids is 2. The van der Waals surface area contributed by atoms with Gasteiger partial charge < -0.3 is 29.0 Å². The van der Waals surface area contributed by atoms with Crippen LogP contribution in [0.4, 0.5) is 4.79 Å². The molecule has 0 spiro atoms. The second-order valence-corrected chi connectivity index (χ2v) is 8.79. The Morgan fingerprint density at radius 3 is 2.38 bits per heavy atom. The molecule has 11 heteroatoms. The van der Waals surface area contributed by atoms with Gasteiger partial charge in [-0.15, -0.1) is 0 Å². The van der Waals surface area contributed by atoms with E-state index in [1.807, 2.05) is 0 Å². The molecule has 1 aromatic heterocycles. The standard InChI is InChI=1S/C23H39N3O8/c1-8-10-13-33-14-15(31-6)11-12-16(26(9-2)22(30)34-23(3,4)5)19-24-17(21(29)32-7)18(27)20(28)25-19/h15-16,27H,8-14H2,1-7H3,(H,24,25,28).